The van der Waals surface area contributed by atoms with E-state index in [2.05, 4.69) is 4.98 Å². The highest BCUT2D eigenvalue weighted by atomic mass is 32.2. The fourth-order valence-electron chi connectivity index (χ4n) is 1.98. The van der Waals surface area contributed by atoms with E-state index in [1.807, 2.05) is 31.2 Å². The molecular weight excluding hydrogens is 302 g/mol. The monoisotopic (exact) mass is 319 g/mol. The van der Waals surface area contributed by atoms with Crippen molar-refractivity contribution in [1.82, 2.24) is 9.88 Å². The molecule has 0 saturated carbocycles. The van der Waals surface area contributed by atoms with Gasteiger partial charge in [-0.05, 0) is 24.6 Å². The van der Waals surface area contributed by atoms with Crippen LogP contribution < -0.4 is 5.14 Å². The highest BCUT2D eigenvalue weighted by Crippen LogP contribution is 2.11. The van der Waals surface area contributed by atoms with Crippen LogP contribution in [0.4, 0.5) is 0 Å². The third kappa shape index (κ3) is 4.64. The molecule has 1 heterocycles. The van der Waals surface area contributed by atoms with Gasteiger partial charge in [-0.1, -0.05) is 29.8 Å². The lowest BCUT2D eigenvalue weighted by Gasteiger charge is -2.21. The van der Waals surface area contributed by atoms with Gasteiger partial charge in [-0.25, -0.2) is 13.6 Å². The number of rotatable bonds is 5. The summed E-state index contributed by atoms with van der Waals surface area (Å²) in [6.45, 7) is 2.12. The van der Waals surface area contributed by atoms with Gasteiger partial charge >= 0.3 is 0 Å². The van der Waals surface area contributed by atoms with Crippen LogP contribution in [-0.2, 0) is 16.6 Å². The summed E-state index contributed by atoms with van der Waals surface area (Å²) in [5, 5.41) is 5.10. The minimum atomic E-state index is -3.82. The molecule has 1 aromatic carbocycles. The van der Waals surface area contributed by atoms with Crippen molar-refractivity contribution in [2.75, 3.05) is 5.88 Å². The Morgan fingerprint density at radius 3 is 2.27 bits per heavy atom. The number of nitrogens with zero attached hydrogens (tertiary/aromatic N) is 2. The Kier molecular flexibility index (Phi) is 4.89. The third-order valence-corrected chi connectivity index (χ3v) is 3.72. The first kappa shape index (κ1) is 16.1. The quantitative estimate of drug-likeness (QED) is 0.898. The second-order valence-corrected chi connectivity index (χ2v) is 6.60. The Hall–Kier alpha value is -2.25. The van der Waals surface area contributed by atoms with Crippen molar-refractivity contribution in [1.29, 1.82) is 0 Å². The topological polar surface area (TPSA) is 93.4 Å². The SMILES string of the molecule is Cc1ccc(CN(CS(N)(=O)=O)C(=O)c2ccncc2)cc1. The molecule has 0 aliphatic carbocycles. The predicted octanol–water partition coefficient (Wildman–Crippen LogP) is 1.28. The minimum absolute atomic E-state index is 0.165. The summed E-state index contributed by atoms with van der Waals surface area (Å²) in [5.74, 6) is -0.945. The zero-order chi connectivity index (χ0) is 16.2. The Bertz CT molecular complexity index is 743. The molecule has 22 heavy (non-hydrogen) atoms. The Morgan fingerprint density at radius 2 is 1.73 bits per heavy atom. The molecule has 6 nitrogen and oxygen atoms in total. The Balaban J connectivity index is 2.26. The van der Waals surface area contributed by atoms with Gasteiger partial charge in [0.05, 0.1) is 0 Å². The molecule has 0 aliphatic rings. The van der Waals surface area contributed by atoms with E-state index in [0.717, 1.165) is 11.1 Å². The number of primary sulfonamides is 1. The highest BCUT2D eigenvalue weighted by molar-refractivity contribution is 7.89. The minimum Gasteiger partial charge on any atom is -0.318 e. The Labute approximate surface area is 129 Å². The number of hydrogen-bond donors (Lipinski definition) is 1. The van der Waals surface area contributed by atoms with Gasteiger partial charge in [0.2, 0.25) is 10.0 Å². The summed E-state index contributed by atoms with van der Waals surface area (Å²) >= 11 is 0. The van der Waals surface area contributed by atoms with Crippen molar-refractivity contribution >= 4 is 15.9 Å². The van der Waals surface area contributed by atoms with Gasteiger partial charge in [0.1, 0.15) is 5.88 Å². The number of aromatic nitrogens is 1. The number of nitrogens with two attached hydrogens (primary N) is 1. The van der Waals surface area contributed by atoms with Crippen LogP contribution in [0.15, 0.2) is 48.8 Å². The molecule has 0 radical (unpaired) electrons. The second kappa shape index (κ2) is 6.67. The highest BCUT2D eigenvalue weighted by Gasteiger charge is 2.20. The molecular formula is C15H17N3O3S. The van der Waals surface area contributed by atoms with Crippen molar-refractivity contribution in [2.24, 2.45) is 5.14 Å². The molecule has 7 heteroatoms. The van der Waals surface area contributed by atoms with Gasteiger partial charge in [0.15, 0.2) is 0 Å². The first-order valence-corrected chi connectivity index (χ1v) is 8.32. The molecule has 0 unspecified atom stereocenters. The number of carbonyl (C=O) groups is 1. The number of pyridine rings is 1. The van der Waals surface area contributed by atoms with E-state index in [0.29, 0.717) is 5.56 Å². The first-order chi connectivity index (χ1) is 10.3. The fourth-order valence-corrected chi connectivity index (χ4v) is 2.63. The molecule has 2 N–H and O–H groups in total. The lowest BCUT2D eigenvalue weighted by atomic mass is 10.1. The number of aryl methyl sites for hydroxylation is 1. The van der Waals surface area contributed by atoms with Crippen LogP contribution in [0.25, 0.3) is 0 Å². The van der Waals surface area contributed by atoms with Crippen LogP contribution >= 0.6 is 0 Å². The van der Waals surface area contributed by atoms with Crippen LogP contribution in [-0.4, -0.2) is 30.1 Å². The maximum atomic E-state index is 12.5. The second-order valence-electron chi connectivity index (χ2n) is 5.02. The smallest absolute Gasteiger partial charge is 0.255 e. The van der Waals surface area contributed by atoms with Gasteiger partial charge in [-0.3, -0.25) is 9.78 Å². The number of hydrogen-bond acceptors (Lipinski definition) is 4. The lowest BCUT2D eigenvalue weighted by molar-refractivity contribution is 0.0771. The van der Waals surface area contributed by atoms with Crippen LogP contribution in [0.2, 0.25) is 0 Å². The number of sulfonamides is 1. The fraction of sp³-hybridized carbons (Fsp3) is 0.200. The van der Waals surface area contributed by atoms with E-state index in [1.54, 1.807) is 0 Å². The lowest BCUT2D eigenvalue weighted by Crippen LogP contribution is -2.37. The summed E-state index contributed by atoms with van der Waals surface area (Å²) in [6.07, 6.45) is 2.96. The largest absolute Gasteiger partial charge is 0.318 e. The summed E-state index contributed by atoms with van der Waals surface area (Å²) in [7, 11) is -3.82. The average molecular weight is 319 g/mol. The zero-order valence-corrected chi connectivity index (χ0v) is 13.0. The van der Waals surface area contributed by atoms with Gasteiger partial charge in [-0.15, -0.1) is 0 Å². The predicted molar refractivity (Wildman–Crippen MR) is 83.3 cm³/mol. The molecule has 1 amide bonds. The Morgan fingerprint density at radius 1 is 1.14 bits per heavy atom. The zero-order valence-electron chi connectivity index (χ0n) is 12.1. The maximum Gasteiger partial charge on any atom is 0.255 e. The molecule has 0 saturated heterocycles. The van der Waals surface area contributed by atoms with E-state index < -0.39 is 21.8 Å². The molecule has 0 fully saturated rings. The number of amides is 1. The van der Waals surface area contributed by atoms with Crippen LogP contribution in [0.3, 0.4) is 0 Å². The van der Waals surface area contributed by atoms with Crippen LogP contribution in [0.5, 0.6) is 0 Å². The van der Waals surface area contributed by atoms with E-state index in [9.17, 15) is 13.2 Å². The molecule has 0 bridgehead atoms. The summed E-state index contributed by atoms with van der Waals surface area (Å²) in [5.41, 5.74) is 2.28. The van der Waals surface area contributed by atoms with Crippen molar-refractivity contribution in [3.8, 4) is 0 Å². The van der Waals surface area contributed by atoms with E-state index >= 15 is 0 Å². The van der Waals surface area contributed by atoms with Crippen LogP contribution in [0, 0.1) is 6.92 Å². The maximum absolute atomic E-state index is 12.5. The first-order valence-electron chi connectivity index (χ1n) is 6.60. The summed E-state index contributed by atoms with van der Waals surface area (Å²) in [6, 6.07) is 10.6. The van der Waals surface area contributed by atoms with Crippen molar-refractivity contribution in [2.45, 2.75) is 13.5 Å². The molecule has 2 rings (SSSR count). The standard InChI is InChI=1S/C15H17N3O3S/c1-12-2-4-13(5-3-12)10-18(11-22(16,20)21)15(19)14-6-8-17-9-7-14/h2-9H,10-11H2,1H3,(H2,16,20,21). The van der Waals surface area contributed by atoms with Gasteiger partial charge in [0, 0.05) is 24.5 Å². The summed E-state index contributed by atoms with van der Waals surface area (Å²) in [4.78, 5) is 17.5. The number of carbonyl (C=O) groups excluding carboxylic acids is 1. The number of benzene rings is 1. The third-order valence-electron chi connectivity index (χ3n) is 3.04. The summed E-state index contributed by atoms with van der Waals surface area (Å²) < 4.78 is 22.8. The van der Waals surface area contributed by atoms with Gasteiger partial charge < -0.3 is 4.90 Å². The van der Waals surface area contributed by atoms with Crippen LogP contribution in [0.1, 0.15) is 21.5 Å². The van der Waals surface area contributed by atoms with Gasteiger partial charge in [0.25, 0.3) is 5.91 Å². The molecule has 1 aromatic heterocycles. The molecule has 0 spiro atoms. The molecule has 116 valence electrons. The molecule has 2 aromatic rings. The molecule has 0 aliphatic heterocycles. The average Bonchev–Trinajstić information content (AvgIpc) is 2.48. The molecule has 0 atom stereocenters. The van der Waals surface area contributed by atoms with E-state index in [-0.39, 0.29) is 6.54 Å². The van der Waals surface area contributed by atoms with Crippen molar-refractivity contribution in [3.63, 3.8) is 0 Å². The normalized spacial score (nSPS) is 11.2. The van der Waals surface area contributed by atoms with Crippen molar-refractivity contribution < 1.29 is 13.2 Å². The van der Waals surface area contributed by atoms with Crippen molar-refractivity contribution in [3.05, 3.63) is 65.5 Å². The van der Waals surface area contributed by atoms with E-state index in [1.165, 1.54) is 29.4 Å². The van der Waals surface area contributed by atoms with Gasteiger partial charge in [-0.2, -0.15) is 0 Å². The van der Waals surface area contributed by atoms with E-state index in [4.69, 9.17) is 5.14 Å².